The zero-order chi connectivity index (χ0) is 19.1. The smallest absolute Gasteiger partial charge is 0.266 e. The Kier molecular flexibility index (Phi) is 6.63. The van der Waals surface area contributed by atoms with Gasteiger partial charge in [0.25, 0.3) is 5.91 Å². The van der Waals surface area contributed by atoms with Gasteiger partial charge in [-0.15, -0.1) is 0 Å². The first-order chi connectivity index (χ1) is 12.4. The number of halogens is 2. The van der Waals surface area contributed by atoms with Crippen molar-refractivity contribution >= 4 is 40.9 Å². The minimum Gasteiger partial charge on any atom is -0.476 e. The largest absolute Gasteiger partial charge is 0.476 e. The summed E-state index contributed by atoms with van der Waals surface area (Å²) in [4.78, 5) is 12.3. The van der Waals surface area contributed by atoms with Crippen molar-refractivity contribution in [1.82, 2.24) is 0 Å². The SMILES string of the molecule is Cc1cccc(NC(=O)/C(C#N)=C\c2cc(Cl)c(OCC#N)c(Cl)c2)c1. The summed E-state index contributed by atoms with van der Waals surface area (Å²) in [6, 6.07) is 13.9. The summed E-state index contributed by atoms with van der Waals surface area (Å²) >= 11 is 12.2. The molecule has 0 aliphatic carbocycles. The molecule has 0 aliphatic heterocycles. The number of ether oxygens (including phenoxy) is 1. The van der Waals surface area contributed by atoms with Crippen LogP contribution in [0, 0.1) is 29.6 Å². The van der Waals surface area contributed by atoms with Crippen molar-refractivity contribution in [1.29, 1.82) is 10.5 Å². The molecule has 1 N–H and O–H groups in total. The van der Waals surface area contributed by atoms with Crippen molar-refractivity contribution in [2.24, 2.45) is 0 Å². The van der Waals surface area contributed by atoms with Crippen molar-refractivity contribution in [2.75, 3.05) is 11.9 Å². The Morgan fingerprint density at radius 2 is 1.92 bits per heavy atom. The van der Waals surface area contributed by atoms with Gasteiger partial charge in [0, 0.05) is 5.69 Å². The van der Waals surface area contributed by atoms with Gasteiger partial charge in [0.2, 0.25) is 0 Å². The zero-order valence-corrected chi connectivity index (χ0v) is 15.2. The van der Waals surface area contributed by atoms with Gasteiger partial charge in [-0.3, -0.25) is 4.79 Å². The average Bonchev–Trinajstić information content (AvgIpc) is 2.59. The van der Waals surface area contributed by atoms with Crippen LogP contribution in [0.1, 0.15) is 11.1 Å². The summed E-state index contributed by atoms with van der Waals surface area (Å²) in [6.07, 6.45) is 1.37. The molecule has 0 bridgehead atoms. The first kappa shape index (κ1) is 19.3. The van der Waals surface area contributed by atoms with Gasteiger partial charge in [-0.05, 0) is 48.4 Å². The van der Waals surface area contributed by atoms with E-state index in [1.54, 1.807) is 18.2 Å². The van der Waals surface area contributed by atoms with Gasteiger partial charge < -0.3 is 10.1 Å². The van der Waals surface area contributed by atoms with Gasteiger partial charge in [-0.2, -0.15) is 10.5 Å². The summed E-state index contributed by atoms with van der Waals surface area (Å²) in [5, 5.41) is 20.9. The molecule has 26 heavy (non-hydrogen) atoms. The molecule has 5 nitrogen and oxygen atoms in total. The number of aryl methyl sites for hydroxylation is 1. The Labute approximate surface area is 161 Å². The zero-order valence-electron chi connectivity index (χ0n) is 13.7. The van der Waals surface area contributed by atoms with E-state index < -0.39 is 5.91 Å². The van der Waals surface area contributed by atoms with E-state index in [9.17, 15) is 10.1 Å². The molecular formula is C19H13Cl2N3O2. The molecule has 2 rings (SSSR count). The standard InChI is InChI=1S/C19H13Cl2N3O2/c1-12-3-2-4-15(7-12)24-19(25)14(11-23)8-13-9-16(20)18(17(21)10-13)26-6-5-22/h2-4,7-10H,6H2,1H3,(H,24,25)/b14-8-. The fourth-order valence-corrected chi connectivity index (χ4v) is 2.75. The van der Waals surface area contributed by atoms with Crippen LogP contribution in [0.4, 0.5) is 5.69 Å². The number of nitrogens with zero attached hydrogens (tertiary/aromatic N) is 2. The van der Waals surface area contributed by atoms with E-state index in [1.165, 1.54) is 18.2 Å². The van der Waals surface area contributed by atoms with Crippen molar-refractivity contribution in [2.45, 2.75) is 6.92 Å². The second kappa shape index (κ2) is 8.92. The molecule has 0 fully saturated rings. The highest BCUT2D eigenvalue weighted by Crippen LogP contribution is 2.34. The fraction of sp³-hybridized carbons (Fsp3) is 0.105. The molecule has 0 aromatic heterocycles. The number of rotatable bonds is 5. The van der Waals surface area contributed by atoms with Gasteiger partial charge >= 0.3 is 0 Å². The first-order valence-electron chi connectivity index (χ1n) is 7.43. The Morgan fingerprint density at radius 3 is 2.50 bits per heavy atom. The Balaban J connectivity index is 2.27. The third kappa shape index (κ3) is 5.00. The van der Waals surface area contributed by atoms with Crippen LogP contribution in [-0.2, 0) is 4.79 Å². The van der Waals surface area contributed by atoms with Gasteiger partial charge in [-0.25, -0.2) is 0 Å². The van der Waals surface area contributed by atoms with E-state index in [0.717, 1.165) is 5.56 Å². The van der Waals surface area contributed by atoms with Gasteiger partial charge in [0.15, 0.2) is 12.4 Å². The maximum Gasteiger partial charge on any atom is 0.266 e. The van der Waals surface area contributed by atoms with E-state index in [2.05, 4.69) is 5.32 Å². The van der Waals surface area contributed by atoms with Crippen LogP contribution >= 0.6 is 23.2 Å². The summed E-state index contributed by atoms with van der Waals surface area (Å²) in [7, 11) is 0. The van der Waals surface area contributed by atoms with Crippen LogP contribution in [0.15, 0.2) is 42.0 Å². The van der Waals surface area contributed by atoms with Crippen LogP contribution < -0.4 is 10.1 Å². The number of carbonyl (C=O) groups excluding carboxylic acids is 1. The molecule has 0 radical (unpaired) electrons. The second-order valence-electron chi connectivity index (χ2n) is 5.25. The minimum absolute atomic E-state index is 0.107. The van der Waals surface area contributed by atoms with Crippen molar-refractivity contribution in [3.05, 3.63) is 63.1 Å². The van der Waals surface area contributed by atoms with Gasteiger partial charge in [0.05, 0.1) is 10.0 Å². The van der Waals surface area contributed by atoms with Crippen LogP contribution in [0.3, 0.4) is 0 Å². The van der Waals surface area contributed by atoms with Crippen LogP contribution in [0.5, 0.6) is 5.75 Å². The molecule has 0 heterocycles. The third-order valence-corrected chi connectivity index (χ3v) is 3.82. The maximum absolute atomic E-state index is 12.3. The number of hydrogen-bond donors (Lipinski definition) is 1. The van der Waals surface area contributed by atoms with Crippen molar-refractivity contribution in [3.8, 4) is 17.9 Å². The topological polar surface area (TPSA) is 85.9 Å². The van der Waals surface area contributed by atoms with Crippen LogP contribution in [0.25, 0.3) is 6.08 Å². The molecule has 0 saturated heterocycles. The Morgan fingerprint density at radius 1 is 1.23 bits per heavy atom. The fourth-order valence-electron chi connectivity index (χ4n) is 2.14. The molecule has 0 aliphatic rings. The van der Waals surface area contributed by atoms with Crippen LogP contribution in [-0.4, -0.2) is 12.5 Å². The summed E-state index contributed by atoms with van der Waals surface area (Å²) < 4.78 is 5.15. The lowest BCUT2D eigenvalue weighted by atomic mass is 10.1. The van der Waals surface area contributed by atoms with E-state index >= 15 is 0 Å². The third-order valence-electron chi connectivity index (χ3n) is 3.25. The number of benzene rings is 2. The number of carbonyl (C=O) groups is 1. The molecule has 0 atom stereocenters. The number of nitrogens with one attached hydrogen (secondary N) is 1. The van der Waals surface area contributed by atoms with E-state index in [-0.39, 0.29) is 28.0 Å². The lowest BCUT2D eigenvalue weighted by molar-refractivity contribution is -0.112. The van der Waals surface area contributed by atoms with Crippen LogP contribution in [0.2, 0.25) is 10.0 Å². The van der Waals surface area contributed by atoms with Gasteiger partial charge in [-0.1, -0.05) is 35.3 Å². The normalized spacial score (nSPS) is 10.6. The highest BCUT2D eigenvalue weighted by Gasteiger charge is 2.13. The summed E-state index contributed by atoms with van der Waals surface area (Å²) in [5.74, 6) is -0.370. The number of amides is 1. The molecule has 2 aromatic carbocycles. The minimum atomic E-state index is -0.546. The first-order valence-corrected chi connectivity index (χ1v) is 8.19. The molecule has 7 heteroatoms. The molecule has 2 aromatic rings. The lowest BCUT2D eigenvalue weighted by Crippen LogP contribution is -2.13. The van der Waals surface area contributed by atoms with Gasteiger partial charge in [0.1, 0.15) is 17.7 Å². The molecule has 0 unspecified atom stereocenters. The predicted octanol–water partition coefficient (Wildman–Crippen LogP) is 4.75. The second-order valence-corrected chi connectivity index (χ2v) is 6.07. The van der Waals surface area contributed by atoms with E-state index in [0.29, 0.717) is 11.3 Å². The molecule has 0 spiro atoms. The lowest BCUT2D eigenvalue weighted by Gasteiger charge is -2.09. The predicted molar refractivity (Wildman–Crippen MR) is 101 cm³/mol. The Bertz CT molecular complexity index is 933. The van der Waals surface area contributed by atoms with Crippen molar-refractivity contribution in [3.63, 3.8) is 0 Å². The number of anilines is 1. The van der Waals surface area contributed by atoms with E-state index in [1.807, 2.05) is 25.1 Å². The highest BCUT2D eigenvalue weighted by molar-refractivity contribution is 6.37. The number of hydrogen-bond acceptors (Lipinski definition) is 4. The van der Waals surface area contributed by atoms with Crippen molar-refractivity contribution < 1.29 is 9.53 Å². The molecule has 1 amide bonds. The molecule has 0 saturated carbocycles. The van der Waals surface area contributed by atoms with E-state index in [4.69, 9.17) is 33.2 Å². The number of nitriles is 2. The molecule has 130 valence electrons. The Hall–Kier alpha value is -2.99. The molecular weight excluding hydrogens is 373 g/mol. The quantitative estimate of drug-likeness (QED) is 0.594. The summed E-state index contributed by atoms with van der Waals surface area (Å²) in [6.45, 7) is 1.70. The average molecular weight is 386 g/mol. The monoisotopic (exact) mass is 385 g/mol. The maximum atomic E-state index is 12.3. The highest BCUT2D eigenvalue weighted by atomic mass is 35.5. The summed E-state index contributed by atoms with van der Waals surface area (Å²) in [5.41, 5.74) is 1.92.